The van der Waals surface area contributed by atoms with Crippen molar-refractivity contribution in [3.63, 3.8) is 0 Å². The van der Waals surface area contributed by atoms with Crippen LogP contribution < -0.4 is 10.6 Å². The highest BCUT2D eigenvalue weighted by atomic mass is 16.2. The molecule has 0 saturated carbocycles. The number of aromatic amines is 1. The number of H-pyrrole nitrogens is 1. The van der Waals surface area contributed by atoms with Gasteiger partial charge in [0, 0.05) is 23.5 Å². The second kappa shape index (κ2) is 5.85. The zero-order valence-electron chi connectivity index (χ0n) is 13.0. The van der Waals surface area contributed by atoms with Crippen LogP contribution >= 0.6 is 0 Å². The number of amides is 2. The first-order chi connectivity index (χ1) is 11.7. The summed E-state index contributed by atoms with van der Waals surface area (Å²) in [6.07, 6.45) is 2.36. The zero-order chi connectivity index (χ0) is 16.5. The quantitative estimate of drug-likeness (QED) is 0.691. The van der Waals surface area contributed by atoms with Gasteiger partial charge in [0.2, 0.25) is 11.8 Å². The average Bonchev–Trinajstić information content (AvgIpc) is 3.02. The van der Waals surface area contributed by atoms with Gasteiger partial charge in [-0.1, -0.05) is 48.5 Å². The van der Waals surface area contributed by atoms with Crippen LogP contribution in [0.2, 0.25) is 0 Å². The number of piperazine rings is 1. The van der Waals surface area contributed by atoms with Crippen LogP contribution in [0, 0.1) is 0 Å². The molecule has 1 aliphatic rings. The lowest BCUT2D eigenvalue weighted by molar-refractivity contribution is -0.136. The van der Waals surface area contributed by atoms with Crippen LogP contribution in [0.15, 0.2) is 60.8 Å². The Morgan fingerprint density at radius 2 is 1.58 bits per heavy atom. The third-order valence-electron chi connectivity index (χ3n) is 4.41. The largest absolute Gasteiger partial charge is 0.361 e. The van der Waals surface area contributed by atoms with Crippen LogP contribution in [0.3, 0.4) is 0 Å². The van der Waals surface area contributed by atoms with Gasteiger partial charge in [-0.2, -0.15) is 0 Å². The molecule has 0 bridgehead atoms. The Labute approximate surface area is 139 Å². The minimum absolute atomic E-state index is 0.159. The fourth-order valence-electron chi connectivity index (χ4n) is 3.17. The van der Waals surface area contributed by atoms with Crippen LogP contribution in [0.4, 0.5) is 0 Å². The third kappa shape index (κ3) is 2.54. The maximum Gasteiger partial charge on any atom is 0.247 e. The Balaban J connectivity index is 1.54. The van der Waals surface area contributed by atoms with E-state index in [1.807, 2.05) is 60.8 Å². The molecule has 2 amide bonds. The molecule has 1 aromatic heterocycles. The van der Waals surface area contributed by atoms with Gasteiger partial charge in [0.1, 0.15) is 12.1 Å². The molecule has 0 unspecified atom stereocenters. The van der Waals surface area contributed by atoms with Crippen molar-refractivity contribution in [1.29, 1.82) is 0 Å². The van der Waals surface area contributed by atoms with Gasteiger partial charge >= 0.3 is 0 Å². The average molecular weight is 319 g/mol. The predicted molar refractivity (Wildman–Crippen MR) is 91.3 cm³/mol. The summed E-state index contributed by atoms with van der Waals surface area (Å²) in [6.45, 7) is 0. The molecule has 2 atom stereocenters. The number of hydrogen-bond donors (Lipinski definition) is 3. The van der Waals surface area contributed by atoms with E-state index in [0.717, 1.165) is 22.0 Å². The van der Waals surface area contributed by atoms with E-state index in [-0.39, 0.29) is 11.8 Å². The number of hydrogen-bond acceptors (Lipinski definition) is 2. The Bertz CT molecular complexity index is 901. The first-order valence-corrected chi connectivity index (χ1v) is 7.93. The van der Waals surface area contributed by atoms with E-state index in [9.17, 15) is 9.59 Å². The van der Waals surface area contributed by atoms with Gasteiger partial charge in [-0.3, -0.25) is 9.59 Å². The van der Waals surface area contributed by atoms with Crippen LogP contribution in [-0.2, 0) is 16.0 Å². The minimum Gasteiger partial charge on any atom is -0.361 e. The fourth-order valence-corrected chi connectivity index (χ4v) is 3.17. The molecule has 3 N–H and O–H groups in total. The van der Waals surface area contributed by atoms with Crippen molar-refractivity contribution in [3.8, 4) is 0 Å². The van der Waals surface area contributed by atoms with Crippen LogP contribution in [0.5, 0.6) is 0 Å². The van der Waals surface area contributed by atoms with E-state index in [0.29, 0.717) is 6.42 Å². The lowest BCUT2D eigenvalue weighted by Crippen LogP contribution is -2.58. The second-order valence-electron chi connectivity index (χ2n) is 5.98. The van der Waals surface area contributed by atoms with Gasteiger partial charge in [0.25, 0.3) is 0 Å². The molecule has 3 aromatic rings. The maximum atomic E-state index is 12.4. The Morgan fingerprint density at radius 1 is 0.833 bits per heavy atom. The number of carbonyl (C=O) groups excluding carboxylic acids is 2. The second-order valence-corrected chi connectivity index (χ2v) is 5.98. The number of para-hydroxylation sites is 1. The summed E-state index contributed by atoms with van der Waals surface area (Å²) < 4.78 is 0. The van der Waals surface area contributed by atoms with Crippen molar-refractivity contribution < 1.29 is 9.59 Å². The first kappa shape index (κ1) is 14.5. The molecule has 4 rings (SSSR count). The molecule has 1 aliphatic heterocycles. The summed E-state index contributed by atoms with van der Waals surface area (Å²) in [6, 6.07) is 16.0. The first-order valence-electron chi connectivity index (χ1n) is 7.93. The SMILES string of the molecule is O=C1N[C@H](Cc2c[nH]c3ccccc23)C(=O)N[C@H]1c1ccccc1. The highest BCUT2D eigenvalue weighted by molar-refractivity contribution is 5.98. The minimum atomic E-state index is -0.627. The van der Waals surface area contributed by atoms with Crippen molar-refractivity contribution >= 4 is 22.7 Å². The molecule has 0 radical (unpaired) electrons. The van der Waals surface area contributed by atoms with E-state index in [4.69, 9.17) is 0 Å². The van der Waals surface area contributed by atoms with Crippen LogP contribution in [-0.4, -0.2) is 22.8 Å². The molecule has 2 aromatic carbocycles. The molecule has 0 spiro atoms. The fraction of sp³-hybridized carbons (Fsp3) is 0.158. The number of nitrogens with one attached hydrogen (secondary N) is 3. The van der Waals surface area contributed by atoms with E-state index in [1.165, 1.54) is 0 Å². The molecule has 24 heavy (non-hydrogen) atoms. The lowest BCUT2D eigenvalue weighted by Gasteiger charge is -2.29. The molecule has 1 fully saturated rings. The molecular formula is C19H17N3O2. The molecule has 0 aliphatic carbocycles. The smallest absolute Gasteiger partial charge is 0.247 e. The highest BCUT2D eigenvalue weighted by Gasteiger charge is 2.34. The van der Waals surface area contributed by atoms with Crippen LogP contribution in [0.25, 0.3) is 10.9 Å². The Morgan fingerprint density at radius 3 is 2.42 bits per heavy atom. The van der Waals surface area contributed by atoms with Gasteiger partial charge in [-0.05, 0) is 17.2 Å². The molecule has 1 saturated heterocycles. The van der Waals surface area contributed by atoms with Crippen molar-refractivity contribution in [2.24, 2.45) is 0 Å². The van der Waals surface area contributed by atoms with Gasteiger partial charge in [0.05, 0.1) is 0 Å². The Kier molecular flexibility index (Phi) is 3.54. The monoisotopic (exact) mass is 319 g/mol. The van der Waals surface area contributed by atoms with E-state index in [2.05, 4.69) is 15.6 Å². The molecule has 5 heteroatoms. The predicted octanol–water partition coefficient (Wildman–Crippen LogP) is 2.07. The summed E-state index contributed by atoms with van der Waals surface area (Å²) in [7, 11) is 0. The molecular weight excluding hydrogens is 302 g/mol. The number of aromatic nitrogens is 1. The normalized spacial score (nSPS) is 20.7. The summed E-state index contributed by atoms with van der Waals surface area (Å²) in [5, 5.41) is 6.76. The van der Waals surface area contributed by atoms with Gasteiger partial charge < -0.3 is 15.6 Å². The van der Waals surface area contributed by atoms with Crippen molar-refractivity contribution in [2.45, 2.75) is 18.5 Å². The number of benzene rings is 2. The van der Waals surface area contributed by atoms with Gasteiger partial charge in [-0.15, -0.1) is 0 Å². The Hall–Kier alpha value is -3.08. The number of carbonyl (C=O) groups is 2. The topological polar surface area (TPSA) is 74.0 Å². The zero-order valence-corrected chi connectivity index (χ0v) is 13.0. The number of rotatable bonds is 3. The summed E-state index contributed by atoms with van der Waals surface area (Å²) in [5.74, 6) is -0.334. The lowest BCUT2D eigenvalue weighted by atomic mass is 9.98. The summed E-state index contributed by atoms with van der Waals surface area (Å²) in [4.78, 5) is 28.1. The summed E-state index contributed by atoms with van der Waals surface area (Å²) in [5.41, 5.74) is 2.83. The van der Waals surface area contributed by atoms with E-state index < -0.39 is 12.1 Å². The maximum absolute atomic E-state index is 12.4. The summed E-state index contributed by atoms with van der Waals surface area (Å²) >= 11 is 0. The molecule has 120 valence electrons. The van der Waals surface area contributed by atoms with Crippen molar-refractivity contribution in [3.05, 3.63) is 71.9 Å². The molecule has 2 heterocycles. The third-order valence-corrected chi connectivity index (χ3v) is 4.41. The highest BCUT2D eigenvalue weighted by Crippen LogP contribution is 2.21. The van der Waals surface area contributed by atoms with Crippen LogP contribution in [0.1, 0.15) is 17.2 Å². The van der Waals surface area contributed by atoms with E-state index in [1.54, 1.807) is 0 Å². The number of fused-ring (bicyclic) bond motifs is 1. The van der Waals surface area contributed by atoms with Crippen molar-refractivity contribution in [1.82, 2.24) is 15.6 Å². The molecule has 5 nitrogen and oxygen atoms in total. The van der Waals surface area contributed by atoms with E-state index >= 15 is 0 Å². The van der Waals surface area contributed by atoms with Gasteiger partial charge in [-0.25, -0.2) is 0 Å². The van der Waals surface area contributed by atoms with Gasteiger partial charge in [0.15, 0.2) is 0 Å². The van der Waals surface area contributed by atoms with Crippen molar-refractivity contribution in [2.75, 3.05) is 0 Å². The standard InChI is InChI=1S/C19H17N3O2/c23-18-16(10-13-11-20-15-9-5-4-8-14(13)15)21-19(24)17(22-18)12-6-2-1-3-7-12/h1-9,11,16-17,20H,10H2,(H,21,24)(H,22,23)/t16-,17+/m1/s1.